The minimum Gasteiger partial charge on any atom is -0.465 e. The fourth-order valence-electron chi connectivity index (χ4n) is 6.18. The van der Waals surface area contributed by atoms with Crippen molar-refractivity contribution in [3.8, 4) is 0 Å². The molecule has 4 heteroatoms. The molecule has 2 heterocycles. The zero-order chi connectivity index (χ0) is 18.6. The van der Waals surface area contributed by atoms with Crippen LogP contribution >= 0.6 is 0 Å². The zero-order valence-corrected chi connectivity index (χ0v) is 16.2. The Balaban J connectivity index is 1.12. The number of rotatable bonds is 2. The number of benzene rings is 1. The highest BCUT2D eigenvalue weighted by molar-refractivity contribution is 5.81. The number of carbonyl (C=O) groups excluding carboxylic acids is 2. The Morgan fingerprint density at radius 1 is 1.07 bits per heavy atom. The molecule has 2 saturated heterocycles. The number of ether oxygens (including phenoxy) is 1. The molecule has 1 amide bonds. The normalized spacial score (nSPS) is 28.7. The van der Waals surface area contributed by atoms with Gasteiger partial charge in [-0.3, -0.25) is 9.59 Å². The first-order chi connectivity index (χ1) is 13.0. The molecule has 0 aromatic heterocycles. The zero-order valence-electron chi connectivity index (χ0n) is 16.2. The minimum atomic E-state index is -0.0889. The van der Waals surface area contributed by atoms with Crippen molar-refractivity contribution in [1.29, 1.82) is 0 Å². The summed E-state index contributed by atoms with van der Waals surface area (Å²) in [5, 5.41) is 0. The molecule has 0 N–H and O–H groups in total. The first kappa shape index (κ1) is 17.3. The van der Waals surface area contributed by atoms with Gasteiger partial charge in [0.25, 0.3) is 0 Å². The Morgan fingerprint density at radius 2 is 1.78 bits per heavy atom. The molecule has 0 bridgehead atoms. The number of hydrogen-bond acceptors (Lipinski definition) is 3. The Morgan fingerprint density at radius 3 is 2.41 bits per heavy atom. The van der Waals surface area contributed by atoms with Crippen LogP contribution in [0.25, 0.3) is 0 Å². The van der Waals surface area contributed by atoms with E-state index in [0.717, 1.165) is 38.8 Å². The van der Waals surface area contributed by atoms with Crippen molar-refractivity contribution in [2.75, 3.05) is 19.7 Å². The number of piperidine rings is 1. The number of nitrogens with zero attached hydrogens (tertiary/aromatic N) is 1. The highest BCUT2D eigenvalue weighted by atomic mass is 16.5. The number of likely N-dealkylation sites (tertiary alicyclic amines) is 1. The molecule has 1 aromatic carbocycles. The second-order valence-corrected chi connectivity index (χ2v) is 9.73. The van der Waals surface area contributed by atoms with Crippen molar-refractivity contribution in [3.05, 3.63) is 35.4 Å². The highest BCUT2D eigenvalue weighted by Crippen LogP contribution is 2.57. The third kappa shape index (κ3) is 2.88. The van der Waals surface area contributed by atoms with E-state index in [1.54, 1.807) is 0 Å². The van der Waals surface area contributed by atoms with Crippen LogP contribution in [0.4, 0.5) is 0 Å². The third-order valence-corrected chi connectivity index (χ3v) is 7.89. The summed E-state index contributed by atoms with van der Waals surface area (Å²) in [6.45, 7) is 4.57. The summed E-state index contributed by atoms with van der Waals surface area (Å²) in [5.74, 6) is 1.06. The van der Waals surface area contributed by atoms with Gasteiger partial charge < -0.3 is 9.64 Å². The van der Waals surface area contributed by atoms with Crippen molar-refractivity contribution >= 4 is 11.9 Å². The molecule has 2 aliphatic heterocycles. The summed E-state index contributed by atoms with van der Waals surface area (Å²) in [6.07, 6.45) is 7.07. The summed E-state index contributed by atoms with van der Waals surface area (Å²) in [5.41, 5.74) is 3.40. The number of amides is 1. The van der Waals surface area contributed by atoms with Crippen LogP contribution in [0.2, 0.25) is 0 Å². The summed E-state index contributed by atoms with van der Waals surface area (Å²) < 4.78 is 5.12. The Bertz CT molecular complexity index is 764. The van der Waals surface area contributed by atoms with Gasteiger partial charge in [-0.1, -0.05) is 24.3 Å². The maximum Gasteiger partial charge on any atom is 0.306 e. The monoisotopic (exact) mass is 367 g/mol. The van der Waals surface area contributed by atoms with E-state index in [0.29, 0.717) is 30.3 Å². The van der Waals surface area contributed by atoms with E-state index in [9.17, 15) is 9.59 Å². The fraction of sp³-hybridized carbons (Fsp3) is 0.652. The van der Waals surface area contributed by atoms with Crippen LogP contribution in [0.1, 0.15) is 62.0 Å². The molecule has 0 unspecified atom stereocenters. The van der Waals surface area contributed by atoms with Gasteiger partial charge in [-0.25, -0.2) is 0 Å². The Labute approximate surface area is 161 Å². The molecule has 27 heavy (non-hydrogen) atoms. The van der Waals surface area contributed by atoms with Crippen molar-refractivity contribution in [1.82, 2.24) is 4.90 Å². The maximum atomic E-state index is 12.8. The number of aryl methyl sites for hydroxylation is 1. The summed E-state index contributed by atoms with van der Waals surface area (Å²) in [7, 11) is 0. The molecule has 0 atom stereocenters. The van der Waals surface area contributed by atoms with Gasteiger partial charge in [0.2, 0.25) is 5.91 Å². The molecule has 5 rings (SSSR count). The molecule has 2 aliphatic carbocycles. The topological polar surface area (TPSA) is 46.6 Å². The lowest BCUT2D eigenvalue weighted by molar-refractivity contribution is -0.147. The van der Waals surface area contributed by atoms with Crippen LogP contribution in [0.5, 0.6) is 0 Å². The molecule has 1 aromatic rings. The molecule has 144 valence electrons. The van der Waals surface area contributed by atoms with E-state index in [4.69, 9.17) is 4.74 Å². The maximum absolute atomic E-state index is 12.8. The van der Waals surface area contributed by atoms with E-state index in [1.807, 2.05) is 0 Å². The number of hydrogen-bond donors (Lipinski definition) is 0. The van der Waals surface area contributed by atoms with Gasteiger partial charge in [0.05, 0.1) is 13.0 Å². The number of esters is 1. The van der Waals surface area contributed by atoms with Crippen LogP contribution in [0.3, 0.4) is 0 Å². The van der Waals surface area contributed by atoms with Crippen LogP contribution in [0.15, 0.2) is 24.3 Å². The predicted octanol–water partition coefficient (Wildman–Crippen LogP) is 3.82. The smallest absolute Gasteiger partial charge is 0.306 e. The SMILES string of the molecule is Cc1ccccc1C1CC2(CCN(C(=O)C3CC4(COC(=O)C4)C3)CC2)C1. The molecular formula is C23H29NO3. The van der Waals surface area contributed by atoms with Crippen molar-refractivity contribution in [2.45, 2.75) is 57.8 Å². The van der Waals surface area contributed by atoms with Gasteiger partial charge in [0, 0.05) is 24.4 Å². The van der Waals surface area contributed by atoms with Crippen LogP contribution in [-0.2, 0) is 14.3 Å². The predicted molar refractivity (Wildman–Crippen MR) is 102 cm³/mol. The van der Waals surface area contributed by atoms with Crippen LogP contribution in [-0.4, -0.2) is 36.5 Å². The van der Waals surface area contributed by atoms with Gasteiger partial charge in [0.15, 0.2) is 0 Å². The van der Waals surface area contributed by atoms with Crippen molar-refractivity contribution < 1.29 is 14.3 Å². The Hall–Kier alpha value is -1.84. The molecule has 0 radical (unpaired) electrons. The van der Waals surface area contributed by atoms with Gasteiger partial charge in [0.1, 0.15) is 0 Å². The van der Waals surface area contributed by atoms with E-state index < -0.39 is 0 Å². The summed E-state index contributed by atoms with van der Waals surface area (Å²) >= 11 is 0. The van der Waals surface area contributed by atoms with Gasteiger partial charge >= 0.3 is 5.97 Å². The van der Waals surface area contributed by atoms with Gasteiger partial charge in [-0.05, 0) is 67.9 Å². The summed E-state index contributed by atoms with van der Waals surface area (Å²) in [6, 6.07) is 8.78. The molecule has 4 fully saturated rings. The number of cyclic esters (lactones) is 1. The van der Waals surface area contributed by atoms with Crippen LogP contribution in [0, 0.1) is 23.7 Å². The minimum absolute atomic E-state index is 0.0108. The van der Waals surface area contributed by atoms with E-state index in [2.05, 4.69) is 36.1 Å². The lowest BCUT2D eigenvalue weighted by Crippen LogP contribution is -2.52. The third-order valence-electron chi connectivity index (χ3n) is 7.89. The van der Waals surface area contributed by atoms with E-state index in [-0.39, 0.29) is 17.3 Å². The largest absolute Gasteiger partial charge is 0.465 e. The molecule has 4 nitrogen and oxygen atoms in total. The van der Waals surface area contributed by atoms with Gasteiger partial charge in [-0.15, -0.1) is 0 Å². The number of carbonyl (C=O) groups is 2. The standard InChI is InChI=1S/C23H29NO3/c1-16-4-2-3-5-19(16)17-10-22(11-17)6-8-24(9-7-22)21(26)18-12-23(13-18)14-20(25)27-15-23/h2-5,17-18H,6-15H2,1H3. The lowest BCUT2D eigenvalue weighted by Gasteiger charge is -2.53. The van der Waals surface area contributed by atoms with Gasteiger partial charge in [-0.2, -0.15) is 0 Å². The molecule has 2 spiro atoms. The first-order valence-electron chi connectivity index (χ1n) is 10.5. The second kappa shape index (κ2) is 6.08. The highest BCUT2D eigenvalue weighted by Gasteiger charge is 2.54. The van der Waals surface area contributed by atoms with Crippen molar-refractivity contribution in [3.63, 3.8) is 0 Å². The average molecular weight is 367 g/mol. The average Bonchev–Trinajstić information content (AvgIpc) is 3.01. The van der Waals surface area contributed by atoms with E-state index in [1.165, 1.54) is 24.0 Å². The van der Waals surface area contributed by atoms with E-state index >= 15 is 0 Å². The van der Waals surface area contributed by atoms with Crippen LogP contribution < -0.4 is 0 Å². The second-order valence-electron chi connectivity index (χ2n) is 9.73. The molecular weight excluding hydrogens is 338 g/mol. The van der Waals surface area contributed by atoms with Crippen molar-refractivity contribution in [2.24, 2.45) is 16.7 Å². The first-order valence-corrected chi connectivity index (χ1v) is 10.5. The lowest BCUT2D eigenvalue weighted by atomic mass is 9.55. The molecule has 4 aliphatic rings. The summed E-state index contributed by atoms with van der Waals surface area (Å²) in [4.78, 5) is 26.3. The fourth-order valence-corrected chi connectivity index (χ4v) is 6.18. The molecule has 2 saturated carbocycles. The quantitative estimate of drug-likeness (QED) is 0.747. The Kier molecular flexibility index (Phi) is 3.89.